The minimum Gasteiger partial charge on any atom is -0.341 e. The first-order valence-corrected chi connectivity index (χ1v) is 6.90. The highest BCUT2D eigenvalue weighted by atomic mass is 32.1. The molecule has 0 radical (unpaired) electrons. The summed E-state index contributed by atoms with van der Waals surface area (Å²) < 4.78 is 13.9. The van der Waals surface area contributed by atoms with E-state index >= 15 is 0 Å². The zero-order valence-corrected chi connectivity index (χ0v) is 11.8. The molecule has 0 saturated heterocycles. The number of nitrogens with two attached hydrogens (primary N) is 1. The highest BCUT2D eigenvalue weighted by Crippen LogP contribution is 2.16. The molecule has 0 bridgehead atoms. The van der Waals surface area contributed by atoms with E-state index in [1.165, 1.54) is 22.0 Å². The molecule has 7 heteroatoms. The van der Waals surface area contributed by atoms with Gasteiger partial charge in [-0.15, -0.1) is 11.3 Å². The van der Waals surface area contributed by atoms with Crippen LogP contribution < -0.4 is 11.3 Å². The lowest BCUT2D eigenvalue weighted by Gasteiger charge is -2.17. The maximum atomic E-state index is 13.9. The van der Waals surface area contributed by atoms with Crippen LogP contribution in [-0.4, -0.2) is 29.4 Å². The number of halogens is 1. The molecule has 0 aromatic carbocycles. The minimum absolute atomic E-state index is 0.0402. The zero-order chi connectivity index (χ0) is 14.5. The molecule has 0 spiro atoms. The van der Waals surface area contributed by atoms with Crippen LogP contribution in [0, 0.1) is 5.82 Å². The van der Waals surface area contributed by atoms with Gasteiger partial charge in [-0.1, -0.05) is 6.07 Å². The lowest BCUT2D eigenvalue weighted by molar-refractivity contribution is 0.0792. The van der Waals surface area contributed by atoms with Gasteiger partial charge in [0.25, 0.3) is 5.91 Å². The van der Waals surface area contributed by atoms with Crippen LogP contribution in [0.25, 0.3) is 0 Å². The monoisotopic (exact) mass is 294 g/mol. The molecule has 0 aliphatic carbocycles. The first kappa shape index (κ1) is 14.4. The Morgan fingerprint density at radius 3 is 3.00 bits per heavy atom. The quantitative estimate of drug-likeness (QED) is 0.652. The third kappa shape index (κ3) is 3.12. The van der Waals surface area contributed by atoms with E-state index in [1.807, 2.05) is 17.5 Å². The first-order chi connectivity index (χ1) is 9.63. The molecule has 0 aliphatic heterocycles. The Morgan fingerprint density at radius 1 is 1.55 bits per heavy atom. The SMILES string of the molecule is CN(CCc1cccs1)C(=O)c1ccnc(NN)c1F. The van der Waals surface area contributed by atoms with Crippen molar-refractivity contribution < 1.29 is 9.18 Å². The predicted molar refractivity (Wildman–Crippen MR) is 77.0 cm³/mol. The number of pyridine rings is 1. The van der Waals surface area contributed by atoms with Crippen LogP contribution in [0.4, 0.5) is 10.2 Å². The number of nitrogen functional groups attached to an aromatic ring is 1. The third-order valence-electron chi connectivity index (χ3n) is 2.88. The summed E-state index contributed by atoms with van der Waals surface area (Å²) >= 11 is 1.63. The minimum atomic E-state index is -0.733. The summed E-state index contributed by atoms with van der Waals surface area (Å²) in [5.41, 5.74) is 2.09. The number of thiophene rings is 1. The number of nitrogens with one attached hydrogen (secondary N) is 1. The zero-order valence-electron chi connectivity index (χ0n) is 11.0. The summed E-state index contributed by atoms with van der Waals surface area (Å²) in [5, 5.41) is 1.99. The van der Waals surface area contributed by atoms with Crippen LogP contribution >= 0.6 is 11.3 Å². The molecule has 2 aromatic heterocycles. The van der Waals surface area contributed by atoms with Crippen molar-refractivity contribution in [3.8, 4) is 0 Å². The number of hydrogen-bond acceptors (Lipinski definition) is 5. The van der Waals surface area contributed by atoms with Crippen molar-refractivity contribution in [2.75, 3.05) is 19.0 Å². The fourth-order valence-corrected chi connectivity index (χ4v) is 2.45. The average Bonchev–Trinajstić information content (AvgIpc) is 2.97. The number of carbonyl (C=O) groups is 1. The summed E-state index contributed by atoms with van der Waals surface area (Å²) in [6.07, 6.45) is 2.09. The van der Waals surface area contributed by atoms with E-state index in [4.69, 9.17) is 5.84 Å². The Kier molecular flexibility index (Phi) is 4.65. The fraction of sp³-hybridized carbons (Fsp3) is 0.231. The van der Waals surface area contributed by atoms with Crippen molar-refractivity contribution in [2.45, 2.75) is 6.42 Å². The predicted octanol–water partition coefficient (Wildman–Crippen LogP) is 1.88. The third-order valence-corrected chi connectivity index (χ3v) is 3.81. The van der Waals surface area contributed by atoms with Crippen LogP contribution in [0.1, 0.15) is 15.2 Å². The lowest BCUT2D eigenvalue weighted by Crippen LogP contribution is -2.30. The maximum absolute atomic E-state index is 13.9. The number of aromatic nitrogens is 1. The number of hydrazine groups is 1. The molecular formula is C13H15FN4OS. The second-order valence-electron chi connectivity index (χ2n) is 4.22. The van der Waals surface area contributed by atoms with Crippen molar-refractivity contribution in [3.63, 3.8) is 0 Å². The van der Waals surface area contributed by atoms with Gasteiger partial charge in [0.2, 0.25) is 0 Å². The van der Waals surface area contributed by atoms with Gasteiger partial charge in [0.05, 0.1) is 5.56 Å². The van der Waals surface area contributed by atoms with E-state index in [9.17, 15) is 9.18 Å². The summed E-state index contributed by atoms with van der Waals surface area (Å²) in [6.45, 7) is 0.520. The first-order valence-electron chi connectivity index (χ1n) is 6.02. The average molecular weight is 294 g/mol. The highest BCUT2D eigenvalue weighted by Gasteiger charge is 2.19. The maximum Gasteiger partial charge on any atom is 0.256 e. The van der Waals surface area contributed by atoms with Gasteiger partial charge < -0.3 is 10.3 Å². The Morgan fingerprint density at radius 2 is 2.35 bits per heavy atom. The van der Waals surface area contributed by atoms with Crippen LogP contribution in [0.2, 0.25) is 0 Å². The van der Waals surface area contributed by atoms with Gasteiger partial charge in [-0.2, -0.15) is 0 Å². The van der Waals surface area contributed by atoms with Gasteiger partial charge in [0.15, 0.2) is 11.6 Å². The van der Waals surface area contributed by atoms with Crippen molar-refractivity contribution in [3.05, 3.63) is 46.0 Å². The van der Waals surface area contributed by atoms with E-state index in [0.29, 0.717) is 6.54 Å². The molecule has 0 unspecified atom stereocenters. The van der Waals surface area contributed by atoms with Gasteiger partial charge in [-0.25, -0.2) is 15.2 Å². The van der Waals surface area contributed by atoms with Gasteiger partial charge in [-0.3, -0.25) is 4.79 Å². The van der Waals surface area contributed by atoms with Crippen molar-refractivity contribution >= 4 is 23.1 Å². The van der Waals surface area contributed by atoms with Crippen molar-refractivity contribution in [1.82, 2.24) is 9.88 Å². The van der Waals surface area contributed by atoms with Crippen LogP contribution in [0.5, 0.6) is 0 Å². The van der Waals surface area contributed by atoms with Crippen LogP contribution in [0.15, 0.2) is 29.8 Å². The smallest absolute Gasteiger partial charge is 0.256 e. The molecule has 3 N–H and O–H groups in total. The second-order valence-corrected chi connectivity index (χ2v) is 5.25. The molecule has 0 atom stereocenters. The molecule has 106 valence electrons. The van der Waals surface area contributed by atoms with E-state index in [-0.39, 0.29) is 11.4 Å². The fourth-order valence-electron chi connectivity index (χ4n) is 1.75. The number of anilines is 1. The molecule has 2 aromatic rings. The Labute approximate surface area is 120 Å². The van der Waals surface area contributed by atoms with Gasteiger partial charge in [0, 0.05) is 24.7 Å². The van der Waals surface area contributed by atoms with Gasteiger partial charge in [-0.05, 0) is 23.9 Å². The number of carbonyl (C=O) groups excluding carboxylic acids is 1. The largest absolute Gasteiger partial charge is 0.341 e. The Balaban J connectivity index is 2.06. The van der Waals surface area contributed by atoms with Crippen molar-refractivity contribution in [2.24, 2.45) is 5.84 Å². The van der Waals surface area contributed by atoms with Crippen LogP contribution in [0.3, 0.4) is 0 Å². The standard InChI is InChI=1S/C13H15FN4OS/c1-18(7-5-9-3-2-8-20-9)13(19)10-4-6-16-12(17-15)11(10)14/h2-4,6,8H,5,7,15H2,1H3,(H,16,17). The molecule has 0 fully saturated rings. The number of hydrogen-bond donors (Lipinski definition) is 2. The molecule has 2 heterocycles. The molecule has 20 heavy (non-hydrogen) atoms. The van der Waals surface area contributed by atoms with E-state index in [0.717, 1.165) is 6.42 Å². The summed E-state index contributed by atoms with van der Waals surface area (Å²) in [4.78, 5) is 18.6. The number of amides is 1. The summed E-state index contributed by atoms with van der Waals surface area (Å²) in [5.74, 6) is 3.88. The lowest BCUT2D eigenvalue weighted by atomic mass is 10.2. The second kappa shape index (κ2) is 6.44. The Bertz CT molecular complexity index is 588. The number of nitrogens with zero attached hydrogens (tertiary/aromatic N) is 2. The molecular weight excluding hydrogens is 279 g/mol. The van der Waals surface area contributed by atoms with E-state index < -0.39 is 11.7 Å². The van der Waals surface area contributed by atoms with E-state index in [1.54, 1.807) is 18.4 Å². The van der Waals surface area contributed by atoms with Gasteiger partial charge in [0.1, 0.15) is 0 Å². The molecule has 5 nitrogen and oxygen atoms in total. The summed E-state index contributed by atoms with van der Waals surface area (Å²) in [6, 6.07) is 5.32. The number of likely N-dealkylation sites (N-methyl/N-ethyl adjacent to an activating group) is 1. The Hall–Kier alpha value is -1.99. The molecule has 0 aliphatic rings. The van der Waals surface area contributed by atoms with Crippen LogP contribution in [-0.2, 0) is 6.42 Å². The van der Waals surface area contributed by atoms with Gasteiger partial charge >= 0.3 is 0 Å². The highest BCUT2D eigenvalue weighted by molar-refractivity contribution is 7.09. The topological polar surface area (TPSA) is 71.2 Å². The number of rotatable bonds is 5. The molecule has 0 saturated carbocycles. The molecule has 1 amide bonds. The normalized spacial score (nSPS) is 10.3. The van der Waals surface area contributed by atoms with Crippen molar-refractivity contribution in [1.29, 1.82) is 0 Å². The molecule has 2 rings (SSSR count). The summed E-state index contributed by atoms with van der Waals surface area (Å²) in [7, 11) is 1.64. The van der Waals surface area contributed by atoms with E-state index in [2.05, 4.69) is 10.4 Å².